The van der Waals surface area contributed by atoms with Crippen molar-refractivity contribution in [2.45, 2.75) is 25.3 Å². The van der Waals surface area contributed by atoms with Crippen LogP contribution in [0.5, 0.6) is 0 Å². The molecule has 2 aliphatic heterocycles. The predicted octanol–water partition coefficient (Wildman–Crippen LogP) is 0.554. The van der Waals surface area contributed by atoms with E-state index in [2.05, 4.69) is 10.6 Å². The van der Waals surface area contributed by atoms with Crippen LogP contribution in [0.15, 0.2) is 0 Å². The van der Waals surface area contributed by atoms with Crippen LogP contribution in [0.4, 0.5) is 0 Å². The zero-order valence-electron chi connectivity index (χ0n) is 8.29. The standard InChI is InChI=1S/C9H18N2O.2ClH/c12-7-9-2-1-4-11-8(9)6-10-5-3-9;;/h8,10-12H,1-7H2;2*1H/t8-,9-;;/m1../s1. The number of fused-ring (bicyclic) bond motifs is 1. The van der Waals surface area contributed by atoms with Crippen LogP contribution in [-0.2, 0) is 0 Å². The molecule has 0 saturated carbocycles. The molecule has 86 valence electrons. The number of piperidine rings is 2. The van der Waals surface area contributed by atoms with E-state index in [1.54, 1.807) is 0 Å². The molecule has 2 aliphatic rings. The lowest BCUT2D eigenvalue weighted by atomic mass is 9.70. The van der Waals surface area contributed by atoms with Crippen molar-refractivity contribution in [2.24, 2.45) is 5.41 Å². The Hall–Kier alpha value is 0.460. The molecular formula is C9H20Cl2N2O. The van der Waals surface area contributed by atoms with Crippen LogP contribution in [-0.4, -0.2) is 37.4 Å². The van der Waals surface area contributed by atoms with Gasteiger partial charge in [-0.25, -0.2) is 0 Å². The summed E-state index contributed by atoms with van der Waals surface area (Å²) in [4.78, 5) is 0. The zero-order chi connectivity index (χ0) is 8.44. The van der Waals surface area contributed by atoms with Gasteiger partial charge in [0.25, 0.3) is 0 Å². The molecule has 0 aromatic heterocycles. The average molecular weight is 243 g/mol. The Balaban J connectivity index is 0.000000845. The quantitative estimate of drug-likeness (QED) is 0.630. The van der Waals surface area contributed by atoms with Crippen LogP contribution in [0.2, 0.25) is 0 Å². The zero-order valence-corrected chi connectivity index (χ0v) is 9.92. The SMILES string of the molecule is Cl.Cl.OC[C@]12CCCN[C@@H]1CNCC2. The molecule has 0 spiro atoms. The first-order chi connectivity index (χ1) is 5.87. The Morgan fingerprint density at radius 2 is 2.00 bits per heavy atom. The molecule has 0 amide bonds. The van der Waals surface area contributed by atoms with E-state index in [1.165, 1.54) is 12.8 Å². The largest absolute Gasteiger partial charge is 0.396 e. The molecule has 2 atom stereocenters. The van der Waals surface area contributed by atoms with E-state index < -0.39 is 0 Å². The second-order valence-corrected chi connectivity index (χ2v) is 4.08. The minimum absolute atomic E-state index is 0. The fraction of sp³-hybridized carbons (Fsp3) is 1.00. The Bertz CT molecular complexity index is 157. The van der Waals surface area contributed by atoms with Gasteiger partial charge in [-0.15, -0.1) is 24.8 Å². The molecule has 3 N–H and O–H groups in total. The summed E-state index contributed by atoms with van der Waals surface area (Å²) in [5, 5.41) is 16.3. The highest BCUT2D eigenvalue weighted by molar-refractivity contribution is 5.85. The van der Waals surface area contributed by atoms with Crippen LogP contribution in [0.25, 0.3) is 0 Å². The Kier molecular flexibility index (Phi) is 6.33. The normalized spacial score (nSPS) is 36.2. The smallest absolute Gasteiger partial charge is 0.0503 e. The van der Waals surface area contributed by atoms with Gasteiger partial charge >= 0.3 is 0 Å². The van der Waals surface area contributed by atoms with Crippen LogP contribution in [0.1, 0.15) is 19.3 Å². The molecule has 0 aromatic carbocycles. The molecule has 0 unspecified atom stereocenters. The van der Waals surface area contributed by atoms with E-state index >= 15 is 0 Å². The highest BCUT2D eigenvalue weighted by atomic mass is 35.5. The summed E-state index contributed by atoms with van der Waals surface area (Å²) in [6, 6.07) is 0.505. The molecule has 3 nitrogen and oxygen atoms in total. The number of nitrogens with one attached hydrogen (secondary N) is 2. The number of hydrogen-bond acceptors (Lipinski definition) is 3. The highest BCUT2D eigenvalue weighted by Gasteiger charge is 2.41. The molecule has 0 radical (unpaired) electrons. The van der Waals surface area contributed by atoms with E-state index in [-0.39, 0.29) is 30.2 Å². The first kappa shape index (κ1) is 14.5. The summed E-state index contributed by atoms with van der Waals surface area (Å²) >= 11 is 0. The lowest BCUT2D eigenvalue weighted by Crippen LogP contribution is -2.60. The fourth-order valence-electron chi connectivity index (χ4n) is 2.55. The molecule has 0 bridgehead atoms. The van der Waals surface area contributed by atoms with E-state index in [1.807, 2.05) is 0 Å². The van der Waals surface area contributed by atoms with Crippen molar-refractivity contribution in [3.8, 4) is 0 Å². The van der Waals surface area contributed by atoms with Crippen LogP contribution in [0, 0.1) is 5.41 Å². The van der Waals surface area contributed by atoms with Crippen molar-refractivity contribution in [1.82, 2.24) is 10.6 Å². The summed E-state index contributed by atoms with van der Waals surface area (Å²) < 4.78 is 0. The van der Waals surface area contributed by atoms with Crippen molar-refractivity contribution in [1.29, 1.82) is 0 Å². The number of rotatable bonds is 1. The van der Waals surface area contributed by atoms with Crippen molar-refractivity contribution < 1.29 is 5.11 Å². The Morgan fingerprint density at radius 1 is 1.21 bits per heavy atom. The number of hydrogen-bond donors (Lipinski definition) is 3. The molecule has 0 aliphatic carbocycles. The van der Waals surface area contributed by atoms with Gasteiger partial charge in [0.15, 0.2) is 0 Å². The summed E-state index contributed by atoms with van der Waals surface area (Å²) in [7, 11) is 0. The minimum Gasteiger partial charge on any atom is -0.396 e. The third kappa shape index (κ3) is 2.52. The Labute approximate surface area is 97.8 Å². The van der Waals surface area contributed by atoms with Gasteiger partial charge < -0.3 is 15.7 Å². The maximum Gasteiger partial charge on any atom is 0.0503 e. The molecule has 2 saturated heterocycles. The number of aliphatic hydroxyl groups excluding tert-OH is 1. The lowest BCUT2D eigenvalue weighted by molar-refractivity contribution is 0.0267. The molecular weight excluding hydrogens is 223 g/mol. The van der Waals surface area contributed by atoms with Gasteiger partial charge in [0.1, 0.15) is 0 Å². The van der Waals surface area contributed by atoms with Crippen molar-refractivity contribution in [2.75, 3.05) is 26.2 Å². The van der Waals surface area contributed by atoms with Gasteiger partial charge in [0.05, 0.1) is 6.61 Å². The van der Waals surface area contributed by atoms with Gasteiger partial charge in [-0.2, -0.15) is 0 Å². The maximum atomic E-state index is 9.41. The van der Waals surface area contributed by atoms with E-state index in [4.69, 9.17) is 0 Å². The molecule has 2 rings (SSSR count). The number of aliphatic hydroxyl groups is 1. The van der Waals surface area contributed by atoms with E-state index in [0.717, 1.165) is 26.1 Å². The first-order valence-corrected chi connectivity index (χ1v) is 4.92. The van der Waals surface area contributed by atoms with Gasteiger partial charge in [-0.3, -0.25) is 0 Å². The first-order valence-electron chi connectivity index (χ1n) is 4.92. The van der Waals surface area contributed by atoms with Crippen molar-refractivity contribution >= 4 is 24.8 Å². The van der Waals surface area contributed by atoms with Crippen LogP contribution in [0.3, 0.4) is 0 Å². The second kappa shape index (κ2) is 6.13. The lowest BCUT2D eigenvalue weighted by Gasteiger charge is -2.47. The van der Waals surface area contributed by atoms with Crippen LogP contribution < -0.4 is 10.6 Å². The summed E-state index contributed by atoms with van der Waals surface area (Å²) in [5.41, 5.74) is 0.198. The minimum atomic E-state index is 0. The topological polar surface area (TPSA) is 44.3 Å². The third-order valence-corrected chi connectivity index (χ3v) is 3.44. The van der Waals surface area contributed by atoms with Gasteiger partial charge in [-0.05, 0) is 32.4 Å². The predicted molar refractivity (Wildman–Crippen MR) is 62.5 cm³/mol. The molecule has 2 fully saturated rings. The van der Waals surface area contributed by atoms with Crippen LogP contribution >= 0.6 is 24.8 Å². The molecule has 14 heavy (non-hydrogen) atoms. The van der Waals surface area contributed by atoms with E-state index in [9.17, 15) is 5.11 Å². The van der Waals surface area contributed by atoms with Crippen molar-refractivity contribution in [3.05, 3.63) is 0 Å². The highest BCUT2D eigenvalue weighted by Crippen LogP contribution is 2.35. The van der Waals surface area contributed by atoms with Gasteiger partial charge in [-0.1, -0.05) is 0 Å². The number of halogens is 2. The monoisotopic (exact) mass is 242 g/mol. The molecule has 2 heterocycles. The second-order valence-electron chi connectivity index (χ2n) is 4.08. The third-order valence-electron chi connectivity index (χ3n) is 3.44. The maximum absolute atomic E-state index is 9.41. The van der Waals surface area contributed by atoms with Gasteiger partial charge in [0, 0.05) is 18.0 Å². The van der Waals surface area contributed by atoms with Crippen molar-refractivity contribution in [3.63, 3.8) is 0 Å². The summed E-state index contributed by atoms with van der Waals surface area (Å²) in [5.74, 6) is 0. The fourth-order valence-corrected chi connectivity index (χ4v) is 2.55. The average Bonchev–Trinajstić information content (AvgIpc) is 2.18. The summed E-state index contributed by atoms with van der Waals surface area (Å²) in [6.07, 6.45) is 3.54. The van der Waals surface area contributed by atoms with Gasteiger partial charge in [0.2, 0.25) is 0 Å². The molecule has 0 aromatic rings. The van der Waals surface area contributed by atoms with E-state index in [0.29, 0.717) is 12.6 Å². The summed E-state index contributed by atoms with van der Waals surface area (Å²) in [6.45, 7) is 3.57. The Morgan fingerprint density at radius 3 is 2.64 bits per heavy atom. The molecule has 5 heteroatoms.